The largest absolute Gasteiger partial charge is 1.00 e. The van der Waals surface area contributed by atoms with Crippen molar-refractivity contribution in [1.29, 1.82) is 0 Å². The summed E-state index contributed by atoms with van der Waals surface area (Å²) in [5.41, 5.74) is 3.49. The molecule has 176 valence electrons. The molecule has 0 aliphatic rings. The van der Waals surface area contributed by atoms with Crippen LogP contribution in [-0.2, 0) is 13.5 Å². The standard InChI is InChI=1S/C11H8ClNOS.C11H9NOS2.2CH4.Na.H2S/c1-7-9(10(12)14)15-11(13-7)8-5-3-2-4-6-8;1-7-9(11(13)14)15-10(12-7)8-5-3-2-4-6-8;;;;/h2-6H,1H3;2-6H,1H3,(H,13,14);2*1H4;;1H2/q;;;;+1;/p-1/i;;1T;;;. The molecule has 4 aromatic rings. The Bertz CT molecular complexity index is 1100. The minimum atomic E-state index is -0.438. The van der Waals surface area contributed by atoms with Gasteiger partial charge in [0.2, 0.25) is 5.12 Å². The van der Waals surface area contributed by atoms with E-state index in [0.29, 0.717) is 15.4 Å². The van der Waals surface area contributed by atoms with Crippen LogP contribution in [0.15, 0.2) is 60.7 Å². The van der Waals surface area contributed by atoms with Crippen LogP contribution in [0.25, 0.3) is 21.1 Å². The van der Waals surface area contributed by atoms with Gasteiger partial charge in [-0.15, -0.1) is 22.7 Å². The number of thiazole rings is 2. The summed E-state index contributed by atoms with van der Waals surface area (Å²) in [6.45, 7) is 3.62. The molecule has 0 amide bonds. The van der Waals surface area contributed by atoms with Crippen LogP contribution >= 0.6 is 46.9 Å². The topological polar surface area (TPSA) is 59.9 Å². The number of carbonyl (C=O) groups is 2. The molecule has 0 bridgehead atoms. The first-order valence-electron chi connectivity index (χ1n) is 9.85. The van der Waals surface area contributed by atoms with Gasteiger partial charge in [0.1, 0.15) is 19.8 Å². The summed E-state index contributed by atoms with van der Waals surface area (Å²) in [7, 11) is 1.25. The van der Waals surface area contributed by atoms with Crippen LogP contribution in [0.5, 0.6) is 0 Å². The molecule has 0 aliphatic carbocycles. The zero-order valence-corrected chi connectivity index (χ0v) is 24.8. The Morgan fingerprint density at radius 3 is 1.47 bits per heavy atom. The quantitative estimate of drug-likeness (QED) is 0.169. The van der Waals surface area contributed by atoms with Gasteiger partial charge in [-0.2, -0.15) is 0 Å². The molecule has 2 heterocycles. The Morgan fingerprint density at radius 2 is 1.18 bits per heavy atom. The first kappa shape index (κ1) is 33.0. The van der Waals surface area contributed by atoms with E-state index in [1.54, 1.807) is 6.92 Å². The van der Waals surface area contributed by atoms with Crippen molar-refractivity contribution in [3.05, 3.63) is 81.8 Å². The van der Waals surface area contributed by atoms with Gasteiger partial charge in [0, 0.05) is 12.5 Å². The summed E-state index contributed by atoms with van der Waals surface area (Å²) >= 11 is 12.0. The number of halogens is 1. The first-order chi connectivity index (χ1) is 15.4. The number of rotatable bonds is 4. The third-order valence-corrected chi connectivity index (χ3v) is 7.09. The van der Waals surface area contributed by atoms with Crippen molar-refractivity contribution in [3.63, 3.8) is 0 Å². The van der Waals surface area contributed by atoms with Gasteiger partial charge in [-0.05, 0) is 25.4 Å². The summed E-state index contributed by atoms with van der Waals surface area (Å²) in [6.07, 6.45) is 0. The van der Waals surface area contributed by atoms with E-state index >= 15 is 0 Å². The van der Waals surface area contributed by atoms with Gasteiger partial charge in [-0.25, -0.2) is 9.97 Å². The van der Waals surface area contributed by atoms with E-state index in [9.17, 15) is 9.59 Å². The van der Waals surface area contributed by atoms with Crippen molar-refractivity contribution >= 4 is 70.8 Å². The Balaban J connectivity index is 0. The fraction of sp³-hybridized carbons (Fsp3) is 0.167. The monoisotopic (exact) mass is 562 g/mol. The molecule has 4 rings (SSSR count). The molecule has 0 atom stereocenters. The summed E-state index contributed by atoms with van der Waals surface area (Å²) in [5.74, 6) is 0. The number of hydrogen-bond donors (Lipinski definition) is 1. The van der Waals surface area contributed by atoms with Gasteiger partial charge in [-0.3, -0.25) is 9.59 Å². The van der Waals surface area contributed by atoms with Crippen LogP contribution in [0.3, 0.4) is 0 Å². The average Bonchev–Trinajstić information content (AvgIpc) is 3.40. The van der Waals surface area contributed by atoms with Crippen molar-refractivity contribution in [2.24, 2.45) is 0 Å². The molecule has 0 saturated carbocycles. The molecular formula is C24H26ClN2NaO2S4. The van der Waals surface area contributed by atoms with E-state index in [1.165, 1.54) is 30.1 Å². The molecule has 10 heteroatoms. The van der Waals surface area contributed by atoms with E-state index < -0.39 is 5.24 Å². The van der Waals surface area contributed by atoms with Crippen LogP contribution in [-0.4, -0.2) is 20.3 Å². The second kappa shape index (κ2) is 16.7. The molecule has 0 aliphatic heterocycles. The minimum Gasteiger partial charge on any atom is -0.813 e. The molecular weight excluding hydrogens is 535 g/mol. The smallest absolute Gasteiger partial charge is 0.813 e. The number of nitrogens with zero attached hydrogens (tertiary/aromatic N) is 2. The summed E-state index contributed by atoms with van der Waals surface area (Å²) in [5, 5.41) is 1.04. The first-order valence-corrected chi connectivity index (χ1v) is 11.3. The third-order valence-electron chi connectivity index (χ3n) is 4.01. The number of hydrogen-bond acceptors (Lipinski definition) is 7. The number of aryl methyl sites for hydroxylation is 2. The van der Waals surface area contributed by atoms with E-state index in [-0.39, 0.29) is 55.6 Å². The number of aromatic nitrogens is 2. The van der Waals surface area contributed by atoms with Crippen LogP contribution in [0.2, 0.25) is 0 Å². The fourth-order valence-electron chi connectivity index (χ4n) is 2.58. The zero-order valence-electron chi connectivity index (χ0n) is 19.6. The number of carbonyl (C=O) groups excluding carboxylic acids is 2. The molecule has 0 saturated heterocycles. The Morgan fingerprint density at radius 1 is 0.824 bits per heavy atom. The average molecular weight is 563 g/mol. The molecule has 2 aromatic heterocycles. The summed E-state index contributed by atoms with van der Waals surface area (Å²) in [6, 6.07) is 19.6. The Hall–Kier alpha value is -0.970. The fourth-order valence-corrected chi connectivity index (χ4v) is 4.95. The van der Waals surface area contributed by atoms with Crippen molar-refractivity contribution in [1.82, 2.24) is 9.97 Å². The van der Waals surface area contributed by atoms with Crippen LogP contribution in [0.1, 0.15) is 46.9 Å². The number of benzene rings is 2. The van der Waals surface area contributed by atoms with Crippen molar-refractivity contribution in [2.45, 2.75) is 28.7 Å². The van der Waals surface area contributed by atoms with E-state index in [0.717, 1.165) is 26.8 Å². The third kappa shape index (κ3) is 9.24. The maximum Gasteiger partial charge on any atom is 1.00 e. The molecule has 0 spiro atoms. The molecule has 4 nitrogen and oxygen atoms in total. The summed E-state index contributed by atoms with van der Waals surface area (Å²) in [4.78, 5) is 32.0. The zero-order chi connectivity index (χ0) is 23.7. The maximum atomic E-state index is 11.1. The molecule has 0 unspecified atom stereocenters. The second-order valence-electron chi connectivity index (χ2n) is 6.18. The van der Waals surface area contributed by atoms with Crippen molar-refractivity contribution in [3.8, 4) is 21.1 Å². The Labute approximate surface area is 250 Å². The van der Waals surface area contributed by atoms with Gasteiger partial charge >= 0.3 is 29.6 Å². The SMILES string of the molecule is C.Cc1nc(-c2ccccc2)sc1C(=O)Cl.Cc1nc(-c2ccccc2)sc1C(=O)S.[3H]C.[Na+].[SH-]. The number of thiol groups is 2. The molecule has 0 N–H and O–H groups in total. The van der Waals surface area contributed by atoms with Crippen LogP contribution in [0.4, 0.5) is 0 Å². The van der Waals surface area contributed by atoms with Crippen molar-refractivity contribution < 1.29 is 40.5 Å². The molecule has 2 aromatic carbocycles. The molecule has 0 fully saturated rings. The van der Waals surface area contributed by atoms with Gasteiger partial charge in [-0.1, -0.05) is 88.1 Å². The van der Waals surface area contributed by atoms with E-state index in [2.05, 4.69) is 22.6 Å². The van der Waals surface area contributed by atoms with Gasteiger partial charge in [0.05, 0.1) is 11.4 Å². The molecule has 0 radical (unpaired) electrons. The summed E-state index contributed by atoms with van der Waals surface area (Å²) < 4.78 is 5.75. The molecule has 34 heavy (non-hydrogen) atoms. The van der Waals surface area contributed by atoms with E-state index in [1.807, 2.05) is 67.6 Å². The normalized spacial score (nSPS) is 9.26. The van der Waals surface area contributed by atoms with Gasteiger partial charge < -0.3 is 13.5 Å². The van der Waals surface area contributed by atoms with E-state index in [4.69, 9.17) is 13.0 Å². The minimum absolute atomic E-state index is 0. The maximum absolute atomic E-state index is 11.1. The Kier molecular flexibility index (Phi) is 16.2. The predicted octanol–water partition coefficient (Wildman–Crippen LogP) is 4.69. The van der Waals surface area contributed by atoms with Crippen LogP contribution < -0.4 is 29.6 Å². The van der Waals surface area contributed by atoms with Gasteiger partial charge in [0.25, 0.3) is 5.24 Å². The van der Waals surface area contributed by atoms with Crippen LogP contribution in [0, 0.1) is 13.8 Å². The van der Waals surface area contributed by atoms with Gasteiger partial charge in [0.15, 0.2) is 0 Å². The second-order valence-corrected chi connectivity index (χ2v) is 8.93. The van der Waals surface area contributed by atoms with Crippen molar-refractivity contribution in [2.75, 3.05) is 0 Å². The predicted molar refractivity (Wildman–Crippen MR) is 150 cm³/mol.